The Morgan fingerprint density at radius 1 is 1.50 bits per heavy atom. The van der Waals surface area contributed by atoms with Crippen molar-refractivity contribution < 1.29 is 24.2 Å². The molecular formula is C14H17NO5. The third kappa shape index (κ3) is 3.71. The third-order valence-corrected chi connectivity index (χ3v) is 3.04. The van der Waals surface area contributed by atoms with Gasteiger partial charge in [-0.1, -0.05) is 12.1 Å². The summed E-state index contributed by atoms with van der Waals surface area (Å²) in [4.78, 5) is 22.6. The molecule has 1 heterocycles. The van der Waals surface area contributed by atoms with Gasteiger partial charge in [0.15, 0.2) is 12.7 Å². The topological polar surface area (TPSA) is 84.9 Å². The Morgan fingerprint density at radius 2 is 2.30 bits per heavy atom. The Labute approximate surface area is 116 Å². The van der Waals surface area contributed by atoms with Crippen LogP contribution in [0, 0.1) is 6.92 Å². The maximum atomic E-state index is 11.7. The zero-order valence-corrected chi connectivity index (χ0v) is 11.2. The number of carbonyl (C=O) groups is 2. The van der Waals surface area contributed by atoms with Crippen LogP contribution in [0.3, 0.4) is 0 Å². The van der Waals surface area contributed by atoms with Crippen molar-refractivity contribution in [1.82, 2.24) is 5.32 Å². The lowest BCUT2D eigenvalue weighted by Crippen LogP contribution is -2.45. The molecule has 6 nitrogen and oxygen atoms in total. The molecule has 2 atom stereocenters. The van der Waals surface area contributed by atoms with Crippen LogP contribution in [0.4, 0.5) is 0 Å². The summed E-state index contributed by atoms with van der Waals surface area (Å²) in [5, 5.41) is 11.6. The van der Waals surface area contributed by atoms with Gasteiger partial charge >= 0.3 is 5.97 Å². The van der Waals surface area contributed by atoms with Gasteiger partial charge in [-0.3, -0.25) is 4.79 Å². The summed E-state index contributed by atoms with van der Waals surface area (Å²) in [7, 11) is 0. The van der Waals surface area contributed by atoms with E-state index in [1.165, 1.54) is 0 Å². The van der Waals surface area contributed by atoms with Crippen molar-refractivity contribution >= 4 is 11.9 Å². The highest BCUT2D eigenvalue weighted by atomic mass is 16.5. The molecule has 1 aliphatic heterocycles. The van der Waals surface area contributed by atoms with Crippen molar-refractivity contribution in [3.63, 3.8) is 0 Å². The Kier molecular flexibility index (Phi) is 4.57. The molecule has 0 unspecified atom stereocenters. The maximum absolute atomic E-state index is 11.7. The van der Waals surface area contributed by atoms with E-state index in [1.807, 2.05) is 25.1 Å². The normalized spacial score (nSPS) is 21.4. The number of aryl methyl sites for hydroxylation is 1. The molecule has 1 fully saturated rings. The number of nitrogens with one attached hydrogen (secondary N) is 1. The lowest BCUT2D eigenvalue weighted by molar-refractivity contribution is -0.148. The number of carboxylic acid groups (broad SMARTS) is 1. The molecule has 1 aromatic carbocycles. The van der Waals surface area contributed by atoms with Crippen LogP contribution >= 0.6 is 0 Å². The van der Waals surface area contributed by atoms with Gasteiger partial charge in [0.25, 0.3) is 5.91 Å². The second-order valence-electron chi connectivity index (χ2n) is 4.70. The summed E-state index contributed by atoms with van der Waals surface area (Å²) in [5.41, 5.74) is 1.04. The molecule has 20 heavy (non-hydrogen) atoms. The van der Waals surface area contributed by atoms with Crippen LogP contribution in [-0.4, -0.2) is 42.3 Å². The molecule has 6 heteroatoms. The number of hydrogen-bond acceptors (Lipinski definition) is 4. The minimum atomic E-state index is -1.06. The quantitative estimate of drug-likeness (QED) is 0.830. The first-order chi connectivity index (χ1) is 9.56. The number of rotatable bonds is 5. The Balaban J connectivity index is 1.82. The van der Waals surface area contributed by atoms with Gasteiger partial charge in [-0.05, 0) is 31.0 Å². The van der Waals surface area contributed by atoms with Gasteiger partial charge in [-0.2, -0.15) is 0 Å². The Morgan fingerprint density at radius 3 is 3.00 bits per heavy atom. The summed E-state index contributed by atoms with van der Waals surface area (Å²) in [6, 6.07) is 6.86. The van der Waals surface area contributed by atoms with Gasteiger partial charge in [0, 0.05) is 6.61 Å². The van der Waals surface area contributed by atoms with E-state index >= 15 is 0 Å². The summed E-state index contributed by atoms with van der Waals surface area (Å²) in [6.45, 7) is 2.12. The summed E-state index contributed by atoms with van der Waals surface area (Å²) in [6.07, 6.45) is -0.481. The molecular weight excluding hydrogens is 262 g/mol. The van der Waals surface area contributed by atoms with Crippen molar-refractivity contribution in [2.45, 2.75) is 25.5 Å². The van der Waals surface area contributed by atoms with E-state index in [1.54, 1.807) is 6.07 Å². The monoisotopic (exact) mass is 279 g/mol. The van der Waals surface area contributed by atoms with Crippen molar-refractivity contribution in [2.24, 2.45) is 0 Å². The van der Waals surface area contributed by atoms with Crippen molar-refractivity contribution in [3.05, 3.63) is 29.8 Å². The van der Waals surface area contributed by atoms with E-state index in [0.29, 0.717) is 18.8 Å². The minimum Gasteiger partial charge on any atom is -0.484 e. The zero-order chi connectivity index (χ0) is 14.5. The van der Waals surface area contributed by atoms with Gasteiger partial charge in [-0.25, -0.2) is 4.79 Å². The highest BCUT2D eigenvalue weighted by Gasteiger charge is 2.35. The molecule has 2 N–H and O–H groups in total. The van der Waals surface area contributed by atoms with Crippen LogP contribution in [0.1, 0.15) is 12.0 Å². The van der Waals surface area contributed by atoms with Crippen LogP contribution in [-0.2, 0) is 14.3 Å². The largest absolute Gasteiger partial charge is 0.484 e. The van der Waals surface area contributed by atoms with Crippen molar-refractivity contribution in [1.29, 1.82) is 0 Å². The first-order valence-corrected chi connectivity index (χ1v) is 6.39. The molecule has 0 saturated carbocycles. The van der Waals surface area contributed by atoms with E-state index < -0.39 is 18.1 Å². The number of amides is 1. The van der Waals surface area contributed by atoms with Gasteiger partial charge in [0.05, 0.1) is 6.04 Å². The minimum absolute atomic E-state index is 0.147. The van der Waals surface area contributed by atoms with Crippen molar-refractivity contribution in [2.75, 3.05) is 13.2 Å². The maximum Gasteiger partial charge on any atom is 0.334 e. The molecule has 0 spiro atoms. The number of benzene rings is 1. The average Bonchev–Trinajstić information content (AvgIpc) is 2.85. The van der Waals surface area contributed by atoms with E-state index in [0.717, 1.165) is 5.56 Å². The lowest BCUT2D eigenvalue weighted by atomic mass is 10.1. The van der Waals surface area contributed by atoms with Crippen molar-refractivity contribution in [3.8, 4) is 5.75 Å². The second-order valence-corrected chi connectivity index (χ2v) is 4.70. The standard InChI is InChI=1S/C14H17NO5/c1-9-3-2-4-10(7-9)20-8-12(16)15-11-5-6-19-13(11)14(17)18/h2-4,7,11,13H,5-6,8H2,1H3,(H,15,16)(H,17,18)/t11-,13+/m1/s1. The molecule has 2 rings (SSSR count). The fraction of sp³-hybridized carbons (Fsp3) is 0.429. The van der Waals surface area contributed by atoms with Gasteiger partial charge in [0.2, 0.25) is 0 Å². The third-order valence-electron chi connectivity index (χ3n) is 3.04. The highest BCUT2D eigenvalue weighted by molar-refractivity contribution is 5.80. The van der Waals surface area contributed by atoms with Gasteiger partial charge < -0.3 is 19.9 Å². The molecule has 108 valence electrons. The molecule has 0 aliphatic carbocycles. The number of hydrogen-bond donors (Lipinski definition) is 2. The SMILES string of the molecule is Cc1cccc(OCC(=O)N[C@@H]2CCO[C@@H]2C(=O)O)c1. The molecule has 1 aliphatic rings. The van der Waals surface area contributed by atoms with Gasteiger partial charge in [0.1, 0.15) is 5.75 Å². The molecule has 1 saturated heterocycles. The fourth-order valence-electron chi connectivity index (χ4n) is 2.08. The fourth-order valence-corrected chi connectivity index (χ4v) is 2.08. The summed E-state index contributed by atoms with van der Waals surface area (Å²) >= 11 is 0. The van der Waals surface area contributed by atoms with E-state index in [4.69, 9.17) is 14.6 Å². The Hall–Kier alpha value is -2.08. The first kappa shape index (κ1) is 14.3. The first-order valence-electron chi connectivity index (χ1n) is 6.39. The van der Waals surface area contributed by atoms with E-state index in [-0.39, 0.29) is 12.5 Å². The predicted octanol–water partition coefficient (Wildman–Crippen LogP) is 0.732. The Bertz CT molecular complexity index is 502. The lowest BCUT2D eigenvalue weighted by Gasteiger charge is -2.16. The predicted molar refractivity (Wildman–Crippen MR) is 70.6 cm³/mol. The number of carboxylic acids is 1. The van der Waals surface area contributed by atoms with E-state index in [9.17, 15) is 9.59 Å². The number of carbonyl (C=O) groups excluding carboxylic acids is 1. The van der Waals surface area contributed by atoms with Crippen LogP contribution in [0.2, 0.25) is 0 Å². The number of aliphatic carboxylic acids is 1. The average molecular weight is 279 g/mol. The van der Waals surface area contributed by atoms with Crippen LogP contribution < -0.4 is 10.1 Å². The smallest absolute Gasteiger partial charge is 0.334 e. The molecule has 0 bridgehead atoms. The molecule has 0 aromatic heterocycles. The highest BCUT2D eigenvalue weighted by Crippen LogP contribution is 2.14. The zero-order valence-electron chi connectivity index (χ0n) is 11.2. The van der Waals surface area contributed by atoms with Crippen LogP contribution in [0.25, 0.3) is 0 Å². The summed E-state index contributed by atoms with van der Waals surface area (Å²) in [5.74, 6) is -0.807. The van der Waals surface area contributed by atoms with Gasteiger partial charge in [-0.15, -0.1) is 0 Å². The summed E-state index contributed by atoms with van der Waals surface area (Å²) < 4.78 is 10.4. The number of ether oxygens (including phenoxy) is 2. The second kappa shape index (κ2) is 6.38. The molecule has 1 amide bonds. The van der Waals surface area contributed by atoms with E-state index in [2.05, 4.69) is 5.32 Å². The van der Waals surface area contributed by atoms with Crippen LogP contribution in [0.5, 0.6) is 5.75 Å². The molecule has 1 aromatic rings. The molecule has 0 radical (unpaired) electrons. The van der Waals surface area contributed by atoms with Crippen LogP contribution in [0.15, 0.2) is 24.3 Å².